The van der Waals surface area contributed by atoms with E-state index in [1.54, 1.807) is 12.1 Å². The summed E-state index contributed by atoms with van der Waals surface area (Å²) in [5, 5.41) is 0. The molecule has 0 saturated heterocycles. The van der Waals surface area contributed by atoms with Crippen molar-refractivity contribution in [3.63, 3.8) is 0 Å². The van der Waals surface area contributed by atoms with Crippen LogP contribution in [0.1, 0.15) is 35.3 Å². The van der Waals surface area contributed by atoms with Crippen molar-refractivity contribution in [3.05, 3.63) is 126 Å². The van der Waals surface area contributed by atoms with Gasteiger partial charge >= 0.3 is 12.1 Å². The molecule has 6 heteroatoms. The Labute approximate surface area is 205 Å². The fourth-order valence-corrected chi connectivity index (χ4v) is 5.93. The van der Waals surface area contributed by atoms with E-state index in [4.69, 9.17) is 4.74 Å². The van der Waals surface area contributed by atoms with Crippen LogP contribution in [0.2, 0.25) is 0 Å². The summed E-state index contributed by atoms with van der Waals surface area (Å²) in [6, 6.07) is 32.4. The van der Waals surface area contributed by atoms with Crippen LogP contribution in [0.25, 0.3) is 0 Å². The zero-order chi connectivity index (χ0) is 25.1. The van der Waals surface area contributed by atoms with E-state index in [1.807, 2.05) is 48.5 Å². The van der Waals surface area contributed by atoms with Crippen molar-refractivity contribution in [3.8, 4) is 0 Å². The fraction of sp³-hybridized carbons (Fsp3) is 0.138. The third-order valence-corrected chi connectivity index (χ3v) is 7.74. The molecule has 0 aliphatic heterocycles. The van der Waals surface area contributed by atoms with Crippen molar-refractivity contribution in [1.82, 2.24) is 0 Å². The van der Waals surface area contributed by atoms with E-state index in [-0.39, 0.29) is 22.0 Å². The predicted octanol–water partition coefficient (Wildman–Crippen LogP) is 7.89. The van der Waals surface area contributed by atoms with Crippen molar-refractivity contribution in [2.75, 3.05) is 0 Å². The maximum Gasteiger partial charge on any atom is 0.416 e. The van der Waals surface area contributed by atoms with Gasteiger partial charge in [-0.1, -0.05) is 54.6 Å². The number of rotatable bonds is 6. The van der Waals surface area contributed by atoms with Crippen LogP contribution in [-0.4, -0.2) is 5.97 Å². The number of carbonyl (C=O) groups excluding carboxylic acids is 1. The Morgan fingerprint density at radius 2 is 1.06 bits per heavy atom. The summed E-state index contributed by atoms with van der Waals surface area (Å²) >= 11 is 0. The smallest absolute Gasteiger partial charge is 0.416 e. The fourth-order valence-electron chi connectivity index (χ4n) is 3.85. The van der Waals surface area contributed by atoms with E-state index >= 15 is 0 Å². The number of esters is 1. The first-order valence-electron chi connectivity index (χ1n) is 11.0. The minimum absolute atomic E-state index is 0.0906. The van der Waals surface area contributed by atoms with Gasteiger partial charge in [-0.3, -0.25) is 0 Å². The molecule has 0 bridgehead atoms. The van der Waals surface area contributed by atoms with Gasteiger partial charge in [-0.15, -0.1) is 0 Å². The zero-order valence-corrected chi connectivity index (χ0v) is 20.1. The molecule has 4 rings (SSSR count). The summed E-state index contributed by atoms with van der Waals surface area (Å²) in [6.45, 7) is 2.93. The summed E-state index contributed by atoms with van der Waals surface area (Å²) in [6.07, 6.45) is -4.55. The Hall–Kier alpha value is -3.51. The lowest BCUT2D eigenvalue weighted by molar-refractivity contribution is -0.140. The van der Waals surface area contributed by atoms with Gasteiger partial charge in [0.15, 0.2) is 14.7 Å². The van der Waals surface area contributed by atoms with Crippen LogP contribution in [0.5, 0.6) is 0 Å². The number of carbonyl (C=O) groups is 1. The van der Waals surface area contributed by atoms with E-state index < -0.39 is 23.3 Å². The van der Waals surface area contributed by atoms with Gasteiger partial charge in [-0.25, -0.2) is 4.79 Å². The third-order valence-electron chi connectivity index (χ3n) is 5.51. The highest BCUT2D eigenvalue weighted by atomic mass is 32.2. The number of hydrogen-bond donors (Lipinski definition) is 0. The Morgan fingerprint density at radius 1 is 0.629 bits per heavy atom. The van der Waals surface area contributed by atoms with Crippen molar-refractivity contribution in [2.24, 2.45) is 0 Å². The van der Waals surface area contributed by atoms with E-state index in [9.17, 15) is 18.0 Å². The second-order valence-corrected chi connectivity index (χ2v) is 10.4. The second kappa shape index (κ2) is 10.0. The van der Waals surface area contributed by atoms with Gasteiger partial charge in [0.25, 0.3) is 0 Å². The van der Waals surface area contributed by atoms with Gasteiger partial charge < -0.3 is 4.74 Å². The lowest BCUT2D eigenvalue weighted by Gasteiger charge is -2.28. The highest BCUT2D eigenvalue weighted by Gasteiger charge is 2.39. The SMILES string of the molecule is CC(C)(OC(=O)c1ccc([S+](c2ccccc2)c2ccccc2)cc1)c1ccccc1C(F)(F)F. The molecule has 0 heterocycles. The van der Waals surface area contributed by atoms with Gasteiger partial charge in [0.1, 0.15) is 5.60 Å². The largest absolute Gasteiger partial charge is 0.451 e. The van der Waals surface area contributed by atoms with E-state index in [2.05, 4.69) is 24.3 Å². The molecule has 0 aliphatic carbocycles. The van der Waals surface area contributed by atoms with Crippen LogP contribution < -0.4 is 0 Å². The zero-order valence-electron chi connectivity index (χ0n) is 19.3. The molecule has 0 amide bonds. The molecule has 178 valence electrons. The molecule has 0 atom stereocenters. The molecule has 0 radical (unpaired) electrons. The maximum absolute atomic E-state index is 13.5. The number of ether oxygens (including phenoxy) is 1. The predicted molar refractivity (Wildman–Crippen MR) is 131 cm³/mol. The van der Waals surface area contributed by atoms with Gasteiger partial charge in [-0.2, -0.15) is 13.2 Å². The molecule has 2 nitrogen and oxygen atoms in total. The number of alkyl halides is 3. The molecule has 4 aromatic rings. The Morgan fingerprint density at radius 3 is 1.54 bits per heavy atom. The maximum atomic E-state index is 13.5. The standard InChI is InChI=1S/C29H24F3O2S/c1-28(2,25-15-9-10-16-26(25)29(30,31)32)34-27(33)21-17-19-24(20-18-21)35(22-11-5-3-6-12-22)23-13-7-4-8-14-23/h3-20H,1-2H3/q+1. The molecule has 0 fully saturated rings. The summed E-state index contributed by atoms with van der Waals surface area (Å²) in [4.78, 5) is 16.2. The van der Waals surface area contributed by atoms with Crippen molar-refractivity contribution in [1.29, 1.82) is 0 Å². The van der Waals surface area contributed by atoms with Crippen molar-refractivity contribution >= 4 is 16.9 Å². The Kier molecular flexibility index (Phi) is 7.03. The molecule has 0 aliphatic rings. The molecule has 35 heavy (non-hydrogen) atoms. The third kappa shape index (κ3) is 5.60. The summed E-state index contributed by atoms with van der Waals surface area (Å²) < 4.78 is 46.1. The number of halogens is 3. The molecule has 0 unspecified atom stereocenters. The van der Waals surface area contributed by atoms with Gasteiger partial charge in [0.2, 0.25) is 0 Å². The van der Waals surface area contributed by atoms with Gasteiger partial charge in [-0.05, 0) is 68.4 Å². The quantitative estimate of drug-likeness (QED) is 0.202. The van der Waals surface area contributed by atoms with Gasteiger partial charge in [0.05, 0.1) is 22.0 Å². The van der Waals surface area contributed by atoms with Crippen LogP contribution in [0.15, 0.2) is 124 Å². The Bertz CT molecular complexity index is 1250. The highest BCUT2D eigenvalue weighted by molar-refractivity contribution is 7.97. The number of hydrogen-bond acceptors (Lipinski definition) is 2. The first-order valence-corrected chi connectivity index (χ1v) is 12.2. The summed E-state index contributed by atoms with van der Waals surface area (Å²) in [7, 11) is -0.375. The topological polar surface area (TPSA) is 26.3 Å². The molecule has 0 N–H and O–H groups in total. The van der Waals surface area contributed by atoms with Crippen LogP contribution >= 0.6 is 0 Å². The van der Waals surface area contributed by atoms with Crippen LogP contribution in [0.3, 0.4) is 0 Å². The minimum atomic E-state index is -4.55. The lowest BCUT2D eigenvalue weighted by Crippen LogP contribution is -2.28. The monoisotopic (exact) mass is 493 g/mol. The Balaban J connectivity index is 1.61. The average Bonchev–Trinajstić information content (AvgIpc) is 2.85. The molecular weight excluding hydrogens is 469 g/mol. The van der Waals surface area contributed by atoms with Crippen molar-refractivity contribution < 1.29 is 22.7 Å². The normalized spacial score (nSPS) is 11.9. The van der Waals surface area contributed by atoms with E-state index in [1.165, 1.54) is 32.0 Å². The van der Waals surface area contributed by atoms with E-state index in [0.29, 0.717) is 0 Å². The molecule has 0 aromatic heterocycles. The molecule has 4 aromatic carbocycles. The molecular formula is C29H24F3O2S+. The van der Waals surface area contributed by atoms with Gasteiger partial charge in [0, 0.05) is 5.56 Å². The molecule has 0 saturated carbocycles. The average molecular weight is 494 g/mol. The summed E-state index contributed by atoms with van der Waals surface area (Å²) in [5.74, 6) is -0.683. The van der Waals surface area contributed by atoms with E-state index in [0.717, 1.165) is 20.8 Å². The first-order chi connectivity index (χ1) is 16.7. The van der Waals surface area contributed by atoms with Crippen molar-refractivity contribution in [2.45, 2.75) is 40.3 Å². The number of benzene rings is 4. The highest BCUT2D eigenvalue weighted by Crippen LogP contribution is 2.38. The van der Waals surface area contributed by atoms with Crippen LogP contribution in [0.4, 0.5) is 13.2 Å². The van der Waals surface area contributed by atoms with Crippen LogP contribution in [-0.2, 0) is 27.4 Å². The van der Waals surface area contributed by atoms with Crippen LogP contribution in [0, 0.1) is 0 Å². The first kappa shape index (κ1) is 24.6. The molecule has 0 spiro atoms. The minimum Gasteiger partial charge on any atom is -0.451 e. The second-order valence-electron chi connectivity index (χ2n) is 8.40. The summed E-state index contributed by atoms with van der Waals surface area (Å²) in [5.41, 5.74) is -2.11. The lowest BCUT2D eigenvalue weighted by atomic mass is 9.92.